The molecule has 0 aliphatic carbocycles. The van der Waals surface area contributed by atoms with Crippen LogP contribution in [-0.4, -0.2) is 58.9 Å². The Morgan fingerprint density at radius 3 is 1.18 bits per heavy atom. The number of hydrogen-bond acceptors (Lipinski definition) is 7. The van der Waals surface area contributed by atoms with Gasteiger partial charge in [0, 0.05) is 28.2 Å². The van der Waals surface area contributed by atoms with Gasteiger partial charge >= 0.3 is 0 Å². The molecule has 0 unspecified atom stereocenters. The molecule has 0 aromatic carbocycles. The topological polar surface area (TPSA) is 147 Å². The number of nitrogens with two attached hydrogens (primary N) is 3. The summed E-state index contributed by atoms with van der Waals surface area (Å²) in [5, 5.41) is 7.25. The first kappa shape index (κ1) is 14.7. The van der Waals surface area contributed by atoms with Crippen LogP contribution < -0.4 is 17.2 Å². The van der Waals surface area contributed by atoms with E-state index in [2.05, 4.69) is 15.0 Å². The second kappa shape index (κ2) is 6.30. The van der Waals surface area contributed by atoms with Crippen molar-refractivity contribution in [2.24, 2.45) is 0 Å². The summed E-state index contributed by atoms with van der Waals surface area (Å²) in [5.74, 6) is 0.644. The average Bonchev–Trinajstić information content (AvgIpc) is 2.14. The molecule has 0 amide bonds. The van der Waals surface area contributed by atoms with Crippen LogP contribution >= 0.6 is 0 Å². The van der Waals surface area contributed by atoms with Gasteiger partial charge < -0.3 is 27.0 Å². The van der Waals surface area contributed by atoms with E-state index in [4.69, 9.17) is 22.6 Å². The maximum atomic E-state index is 7.25. The monoisotopic (exact) mass is 241 g/mol. The second-order valence-electron chi connectivity index (χ2n) is 3.52. The van der Waals surface area contributed by atoms with E-state index in [0.717, 1.165) is 0 Å². The van der Waals surface area contributed by atoms with Crippen LogP contribution in [0.25, 0.3) is 0 Å². The molecule has 0 saturated carbocycles. The molecule has 1 heterocycles. The van der Waals surface area contributed by atoms with Gasteiger partial charge in [-0.05, 0) is 0 Å². The highest BCUT2D eigenvalue weighted by Crippen LogP contribution is 1.97. The molecule has 0 saturated heterocycles. The lowest BCUT2D eigenvalue weighted by molar-refractivity contribution is 0.478. The minimum atomic E-state index is 0.0417. The Kier molecular flexibility index (Phi) is 5.44. The third kappa shape index (κ3) is 5.97. The van der Waals surface area contributed by atoms with Gasteiger partial charge in [0.1, 0.15) is 0 Å². The van der Waals surface area contributed by atoms with Gasteiger partial charge in [0.15, 0.2) is 5.96 Å². The number of nitrogens with zero attached hydrogens (tertiary/aromatic N) is 5. The molecule has 1 rings (SSSR count). The van der Waals surface area contributed by atoms with E-state index in [1.807, 2.05) is 28.2 Å². The Hall–Kier alpha value is -2.32. The predicted molar refractivity (Wildman–Crippen MR) is 68.2 cm³/mol. The number of nitrogens with one attached hydrogen (secondary N) is 1. The van der Waals surface area contributed by atoms with E-state index < -0.39 is 0 Å². The fourth-order valence-corrected chi connectivity index (χ4v) is 0.827. The van der Waals surface area contributed by atoms with Crippen molar-refractivity contribution in [1.82, 2.24) is 24.8 Å². The highest BCUT2D eigenvalue weighted by molar-refractivity contribution is 5.75. The van der Waals surface area contributed by atoms with Gasteiger partial charge in [-0.1, -0.05) is 0 Å². The standard InChI is InChI=1S/C5H13N3.C3H6N6/c1-7(2)5(6)8(3)4;4-1-7-2(5)9-3(6)8-1/h6H,1-4H3;(H6,4,5,6,7,8,9). The van der Waals surface area contributed by atoms with E-state index in [1.165, 1.54) is 0 Å². The number of guanidine groups is 1. The number of aromatic nitrogens is 3. The fourth-order valence-electron chi connectivity index (χ4n) is 0.827. The van der Waals surface area contributed by atoms with Crippen LogP contribution in [-0.2, 0) is 0 Å². The summed E-state index contributed by atoms with van der Waals surface area (Å²) in [4.78, 5) is 14.0. The van der Waals surface area contributed by atoms with Crippen LogP contribution in [0.15, 0.2) is 0 Å². The zero-order valence-corrected chi connectivity index (χ0v) is 10.5. The molecule has 0 aliphatic heterocycles. The molecule has 9 heteroatoms. The van der Waals surface area contributed by atoms with E-state index in [9.17, 15) is 0 Å². The van der Waals surface area contributed by atoms with Crippen molar-refractivity contribution in [3.8, 4) is 0 Å². The third-order valence-electron chi connectivity index (χ3n) is 1.53. The van der Waals surface area contributed by atoms with Gasteiger partial charge in [-0.15, -0.1) is 0 Å². The SMILES string of the molecule is CN(C)C(=N)N(C)C.Nc1nc(N)nc(N)n1. The van der Waals surface area contributed by atoms with Crippen LogP contribution in [0, 0.1) is 5.41 Å². The number of anilines is 3. The summed E-state index contributed by atoms with van der Waals surface area (Å²) >= 11 is 0. The van der Waals surface area contributed by atoms with Crippen LogP contribution in [0.2, 0.25) is 0 Å². The first-order valence-electron chi connectivity index (χ1n) is 4.69. The Morgan fingerprint density at radius 1 is 0.824 bits per heavy atom. The zero-order chi connectivity index (χ0) is 13.6. The highest BCUT2D eigenvalue weighted by Gasteiger charge is 1.97. The third-order valence-corrected chi connectivity index (χ3v) is 1.53. The fraction of sp³-hybridized carbons (Fsp3) is 0.500. The smallest absolute Gasteiger partial charge is 0.226 e. The van der Waals surface area contributed by atoms with Crippen LogP contribution in [0.3, 0.4) is 0 Å². The van der Waals surface area contributed by atoms with Crippen molar-refractivity contribution in [2.75, 3.05) is 45.4 Å². The summed E-state index contributed by atoms with van der Waals surface area (Å²) in [6, 6.07) is 0. The molecule has 0 radical (unpaired) electrons. The molecule has 0 atom stereocenters. The minimum Gasteiger partial charge on any atom is -0.368 e. The van der Waals surface area contributed by atoms with Gasteiger partial charge in [0.05, 0.1) is 0 Å². The summed E-state index contributed by atoms with van der Waals surface area (Å²) in [6.45, 7) is 0. The van der Waals surface area contributed by atoms with Crippen LogP contribution in [0.5, 0.6) is 0 Å². The van der Waals surface area contributed by atoms with Gasteiger partial charge in [0.2, 0.25) is 17.8 Å². The molecule has 0 spiro atoms. The molecule has 96 valence electrons. The Labute approximate surface area is 100 Å². The highest BCUT2D eigenvalue weighted by atomic mass is 15.3. The Morgan fingerprint density at radius 2 is 1.06 bits per heavy atom. The lowest BCUT2D eigenvalue weighted by Crippen LogP contribution is -2.34. The molecule has 0 aliphatic rings. The number of hydrogen-bond donors (Lipinski definition) is 4. The van der Waals surface area contributed by atoms with E-state index in [1.54, 1.807) is 9.80 Å². The summed E-state index contributed by atoms with van der Waals surface area (Å²) < 4.78 is 0. The van der Waals surface area contributed by atoms with Crippen molar-refractivity contribution in [3.63, 3.8) is 0 Å². The van der Waals surface area contributed by atoms with E-state index >= 15 is 0 Å². The molecule has 9 nitrogen and oxygen atoms in total. The van der Waals surface area contributed by atoms with Crippen molar-refractivity contribution in [1.29, 1.82) is 5.41 Å². The first-order valence-corrected chi connectivity index (χ1v) is 4.69. The molecule has 17 heavy (non-hydrogen) atoms. The van der Waals surface area contributed by atoms with Crippen molar-refractivity contribution in [2.45, 2.75) is 0 Å². The predicted octanol–water partition coefficient (Wildman–Crippen LogP) is -1.34. The molecular formula is C8H19N9. The molecule has 0 fully saturated rings. The lowest BCUT2D eigenvalue weighted by Gasteiger charge is -2.19. The van der Waals surface area contributed by atoms with Crippen LogP contribution in [0.4, 0.5) is 17.8 Å². The first-order chi connectivity index (χ1) is 7.73. The second-order valence-corrected chi connectivity index (χ2v) is 3.52. The minimum absolute atomic E-state index is 0.0417. The van der Waals surface area contributed by atoms with E-state index in [0.29, 0.717) is 5.96 Å². The zero-order valence-electron chi connectivity index (χ0n) is 10.5. The molecular weight excluding hydrogens is 222 g/mol. The normalized spacial score (nSPS) is 8.94. The molecule has 1 aromatic heterocycles. The summed E-state index contributed by atoms with van der Waals surface area (Å²) in [6.07, 6.45) is 0. The largest absolute Gasteiger partial charge is 0.368 e. The van der Waals surface area contributed by atoms with Gasteiger partial charge in [-0.25, -0.2) is 0 Å². The van der Waals surface area contributed by atoms with Crippen molar-refractivity contribution in [3.05, 3.63) is 0 Å². The maximum Gasteiger partial charge on any atom is 0.226 e. The quantitative estimate of drug-likeness (QED) is 0.322. The summed E-state index contributed by atoms with van der Waals surface area (Å²) in [7, 11) is 7.40. The number of nitrogen functional groups attached to an aromatic ring is 3. The lowest BCUT2D eigenvalue weighted by atomic mass is 10.7. The molecule has 1 aromatic rings. The average molecular weight is 241 g/mol. The van der Waals surface area contributed by atoms with E-state index in [-0.39, 0.29) is 17.8 Å². The maximum absolute atomic E-state index is 7.25. The molecule has 7 N–H and O–H groups in total. The summed E-state index contributed by atoms with van der Waals surface area (Å²) in [5.41, 5.74) is 15.4. The van der Waals surface area contributed by atoms with Crippen molar-refractivity contribution >= 4 is 23.8 Å². The molecule has 0 bridgehead atoms. The van der Waals surface area contributed by atoms with Gasteiger partial charge in [0.25, 0.3) is 0 Å². The number of rotatable bonds is 0. The van der Waals surface area contributed by atoms with Gasteiger partial charge in [-0.3, -0.25) is 5.41 Å². The Balaban J connectivity index is 0.000000304. The Bertz CT molecular complexity index is 313. The van der Waals surface area contributed by atoms with Crippen molar-refractivity contribution < 1.29 is 0 Å². The van der Waals surface area contributed by atoms with Crippen LogP contribution in [0.1, 0.15) is 0 Å². The van der Waals surface area contributed by atoms with Gasteiger partial charge in [-0.2, -0.15) is 15.0 Å².